The van der Waals surface area contributed by atoms with Crippen LogP contribution in [0, 0.1) is 0 Å². The number of anilines is 2. The Balaban J connectivity index is 1.28. The fraction of sp³-hybridized carbons (Fsp3) is 0.348. The zero-order chi connectivity index (χ0) is 21.8. The van der Waals surface area contributed by atoms with Crippen LogP contribution >= 0.6 is 23.2 Å². The van der Waals surface area contributed by atoms with Crippen LogP contribution in [0.5, 0.6) is 0 Å². The van der Waals surface area contributed by atoms with Crippen molar-refractivity contribution in [2.45, 2.75) is 19.4 Å². The Morgan fingerprint density at radius 1 is 0.968 bits per heavy atom. The number of fused-ring (bicyclic) bond motifs is 1. The monoisotopic (exact) mass is 459 g/mol. The van der Waals surface area contributed by atoms with Gasteiger partial charge in [-0.3, -0.25) is 10.2 Å². The van der Waals surface area contributed by atoms with Gasteiger partial charge in [0.25, 0.3) is 0 Å². The lowest BCUT2D eigenvalue weighted by molar-refractivity contribution is 0.251. The normalized spacial score (nSPS) is 14.8. The number of amides is 2. The van der Waals surface area contributed by atoms with Gasteiger partial charge >= 0.3 is 6.03 Å². The van der Waals surface area contributed by atoms with E-state index in [2.05, 4.69) is 25.8 Å². The smallest absolute Gasteiger partial charge is 0.317 e. The summed E-state index contributed by atoms with van der Waals surface area (Å²) in [5.41, 5.74) is 7.47. The topological polar surface area (TPSA) is 66.5 Å². The molecule has 2 heterocycles. The summed E-state index contributed by atoms with van der Waals surface area (Å²) in [5, 5.41) is 5.08. The van der Waals surface area contributed by atoms with Gasteiger partial charge in [0.2, 0.25) is 0 Å². The second kappa shape index (κ2) is 9.81. The Bertz CT molecular complexity index is 1060. The third-order valence-electron chi connectivity index (χ3n) is 5.81. The van der Waals surface area contributed by atoms with Crippen LogP contribution < -0.4 is 16.0 Å². The van der Waals surface area contributed by atoms with Gasteiger partial charge in [0.05, 0.1) is 15.7 Å². The summed E-state index contributed by atoms with van der Waals surface area (Å²) in [5.74, 6) is 0.751. The van der Waals surface area contributed by atoms with E-state index in [1.54, 1.807) is 0 Å². The number of unbranched alkanes of at least 4 members (excludes halogenated alkanes) is 1. The van der Waals surface area contributed by atoms with Crippen molar-refractivity contribution >= 4 is 51.6 Å². The molecule has 0 saturated carbocycles. The molecule has 1 aliphatic heterocycles. The number of para-hydroxylation sites is 1. The molecule has 164 valence electrons. The van der Waals surface area contributed by atoms with E-state index in [1.807, 2.05) is 42.5 Å². The number of hydrogen-bond donors (Lipinski definition) is 2. The number of aryl methyl sites for hydroxylation is 1. The Hall–Kier alpha value is -2.41. The fourth-order valence-electron chi connectivity index (χ4n) is 4.24. The summed E-state index contributed by atoms with van der Waals surface area (Å²) >= 11 is 12.5. The Kier molecular flexibility index (Phi) is 6.90. The number of piperazine rings is 1. The van der Waals surface area contributed by atoms with Crippen molar-refractivity contribution in [2.24, 2.45) is 5.73 Å². The van der Waals surface area contributed by atoms with Gasteiger partial charge in [-0.15, -0.1) is 0 Å². The third kappa shape index (κ3) is 5.09. The lowest BCUT2D eigenvalue weighted by Crippen LogP contribution is -2.46. The highest BCUT2D eigenvalue weighted by molar-refractivity contribution is 6.43. The molecule has 0 bridgehead atoms. The molecule has 1 saturated heterocycles. The Morgan fingerprint density at radius 3 is 2.48 bits per heavy atom. The zero-order valence-electron chi connectivity index (χ0n) is 17.4. The van der Waals surface area contributed by atoms with Gasteiger partial charge in [-0.05, 0) is 43.7 Å². The van der Waals surface area contributed by atoms with E-state index in [-0.39, 0.29) is 0 Å². The lowest BCUT2D eigenvalue weighted by atomic mass is 10.2. The van der Waals surface area contributed by atoms with E-state index >= 15 is 0 Å². The molecule has 3 aromatic rings. The minimum Gasteiger partial charge on any atom is -0.368 e. The molecule has 0 aliphatic carbocycles. The number of rotatable bonds is 7. The van der Waals surface area contributed by atoms with E-state index in [4.69, 9.17) is 28.9 Å². The molecule has 0 radical (unpaired) electrons. The number of hydrogen-bond acceptors (Lipinski definition) is 3. The van der Waals surface area contributed by atoms with E-state index < -0.39 is 6.03 Å². The maximum Gasteiger partial charge on any atom is 0.317 e. The summed E-state index contributed by atoms with van der Waals surface area (Å²) in [7, 11) is 0. The van der Waals surface area contributed by atoms with Crippen molar-refractivity contribution in [1.82, 2.24) is 9.47 Å². The molecular formula is C23H27Cl2N5O. The average Bonchev–Trinajstić information content (AvgIpc) is 3.10. The molecule has 1 aromatic heterocycles. The highest BCUT2D eigenvalue weighted by Gasteiger charge is 2.19. The third-order valence-corrected chi connectivity index (χ3v) is 6.62. The molecule has 3 N–H and O–H groups in total. The van der Waals surface area contributed by atoms with E-state index in [0.29, 0.717) is 10.0 Å². The SMILES string of the molecule is NC(=O)Nc1cc2ccccc2n1CCCCN1CCN(c2cccc(Cl)c2Cl)CC1. The summed E-state index contributed by atoms with van der Waals surface area (Å²) in [6.45, 7) is 5.77. The molecule has 0 atom stereocenters. The number of urea groups is 1. The lowest BCUT2D eigenvalue weighted by Gasteiger charge is -2.36. The van der Waals surface area contributed by atoms with Gasteiger partial charge in [0.15, 0.2) is 0 Å². The number of primary amides is 1. The first-order chi connectivity index (χ1) is 15.0. The number of aromatic nitrogens is 1. The molecule has 31 heavy (non-hydrogen) atoms. The van der Waals surface area contributed by atoms with Crippen LogP contribution in [0.3, 0.4) is 0 Å². The summed E-state index contributed by atoms with van der Waals surface area (Å²) in [4.78, 5) is 16.2. The van der Waals surface area contributed by atoms with Crippen molar-refractivity contribution in [3.05, 3.63) is 58.6 Å². The predicted molar refractivity (Wildman–Crippen MR) is 129 cm³/mol. The Labute approximate surface area is 192 Å². The van der Waals surface area contributed by atoms with Gasteiger partial charge in [-0.2, -0.15) is 0 Å². The number of nitrogens with one attached hydrogen (secondary N) is 1. The second-order valence-corrected chi connectivity index (χ2v) is 8.62. The molecule has 6 nitrogen and oxygen atoms in total. The van der Waals surface area contributed by atoms with Crippen LogP contribution in [0.2, 0.25) is 10.0 Å². The average molecular weight is 460 g/mol. The molecular weight excluding hydrogens is 433 g/mol. The molecule has 2 amide bonds. The van der Waals surface area contributed by atoms with Crippen LogP contribution in [0.4, 0.5) is 16.3 Å². The molecule has 0 spiro atoms. The number of carbonyl (C=O) groups excluding carboxylic acids is 1. The van der Waals surface area contributed by atoms with Crippen molar-refractivity contribution in [3.63, 3.8) is 0 Å². The molecule has 2 aromatic carbocycles. The largest absolute Gasteiger partial charge is 0.368 e. The maximum atomic E-state index is 11.4. The van der Waals surface area contributed by atoms with E-state index in [0.717, 1.165) is 74.5 Å². The number of nitrogens with zero attached hydrogens (tertiary/aromatic N) is 3. The first kappa shape index (κ1) is 21.8. The standard InChI is InChI=1S/C23H27Cl2N5O/c24-18-7-5-9-20(22(18)25)29-14-12-28(13-15-29)10-3-4-11-30-19-8-2-1-6-17(19)16-21(30)27-23(26)31/h1-2,5-9,16H,3-4,10-15H2,(H3,26,27,31). The predicted octanol–water partition coefficient (Wildman–Crippen LogP) is 5.04. The van der Waals surface area contributed by atoms with Crippen LogP contribution in [-0.4, -0.2) is 48.2 Å². The van der Waals surface area contributed by atoms with Gasteiger partial charge in [-0.25, -0.2) is 4.79 Å². The van der Waals surface area contributed by atoms with Gasteiger partial charge in [0.1, 0.15) is 5.82 Å². The highest BCUT2D eigenvalue weighted by atomic mass is 35.5. The van der Waals surface area contributed by atoms with Gasteiger partial charge in [0, 0.05) is 43.6 Å². The van der Waals surface area contributed by atoms with Crippen molar-refractivity contribution in [2.75, 3.05) is 42.9 Å². The molecule has 1 fully saturated rings. The molecule has 0 unspecified atom stereocenters. The molecule has 1 aliphatic rings. The van der Waals surface area contributed by atoms with Crippen molar-refractivity contribution in [3.8, 4) is 0 Å². The van der Waals surface area contributed by atoms with Crippen molar-refractivity contribution in [1.29, 1.82) is 0 Å². The van der Waals surface area contributed by atoms with Crippen LogP contribution in [0.15, 0.2) is 48.5 Å². The zero-order valence-corrected chi connectivity index (χ0v) is 18.9. The van der Waals surface area contributed by atoms with Crippen LogP contribution in [-0.2, 0) is 6.54 Å². The minimum atomic E-state index is -0.540. The highest BCUT2D eigenvalue weighted by Crippen LogP contribution is 2.33. The number of carbonyl (C=O) groups is 1. The number of halogens is 2. The summed E-state index contributed by atoms with van der Waals surface area (Å²) in [6.07, 6.45) is 2.10. The van der Waals surface area contributed by atoms with Crippen LogP contribution in [0.1, 0.15) is 12.8 Å². The summed E-state index contributed by atoms with van der Waals surface area (Å²) < 4.78 is 2.14. The molecule has 4 rings (SSSR count). The quantitative estimate of drug-likeness (QED) is 0.486. The maximum absolute atomic E-state index is 11.4. The van der Waals surface area contributed by atoms with Crippen LogP contribution in [0.25, 0.3) is 10.9 Å². The first-order valence-electron chi connectivity index (χ1n) is 10.6. The van der Waals surface area contributed by atoms with E-state index in [9.17, 15) is 4.79 Å². The molecule has 8 heteroatoms. The number of benzene rings is 2. The summed E-state index contributed by atoms with van der Waals surface area (Å²) in [6, 6.07) is 15.4. The fourth-order valence-corrected chi connectivity index (χ4v) is 4.65. The van der Waals surface area contributed by atoms with E-state index in [1.165, 1.54) is 0 Å². The minimum absolute atomic E-state index is 0.540. The second-order valence-electron chi connectivity index (χ2n) is 7.84. The van der Waals surface area contributed by atoms with Gasteiger partial charge < -0.3 is 15.2 Å². The number of nitrogens with two attached hydrogens (primary N) is 1. The first-order valence-corrected chi connectivity index (χ1v) is 11.3. The van der Waals surface area contributed by atoms with Gasteiger partial charge in [-0.1, -0.05) is 47.5 Å². The van der Waals surface area contributed by atoms with Crippen molar-refractivity contribution < 1.29 is 4.79 Å². The Morgan fingerprint density at radius 2 is 1.71 bits per heavy atom.